The second-order valence-electron chi connectivity index (χ2n) is 2.48. The molecular weight excluding hydrogens is 160 g/mol. The third-order valence-corrected chi connectivity index (χ3v) is 2.11. The topological polar surface area (TPSA) is 37.3 Å². The molecule has 2 nitrogen and oxygen atoms in total. The molecule has 0 fully saturated rings. The molecule has 0 bridgehead atoms. The third-order valence-electron chi connectivity index (χ3n) is 1.41. The Morgan fingerprint density at radius 3 is 3.00 bits per heavy atom. The smallest absolute Gasteiger partial charge is 0.132 e. The van der Waals surface area contributed by atoms with E-state index in [0.717, 1.165) is 5.56 Å². The van der Waals surface area contributed by atoms with Gasteiger partial charge < -0.3 is 5.11 Å². The van der Waals surface area contributed by atoms with E-state index in [9.17, 15) is 9.90 Å². The van der Waals surface area contributed by atoms with Gasteiger partial charge in [0.2, 0.25) is 0 Å². The van der Waals surface area contributed by atoms with Gasteiger partial charge in [0.25, 0.3) is 0 Å². The number of aliphatic hydroxyl groups is 1. The standard InChI is InChI=1S/C8H10O2S/c1-6(9)4-8(10)7-2-3-11-5-7/h2-3,5,8,10H,4H2,1H3. The summed E-state index contributed by atoms with van der Waals surface area (Å²) in [6, 6.07) is 1.83. The van der Waals surface area contributed by atoms with Crippen molar-refractivity contribution >= 4 is 17.1 Å². The molecule has 0 aliphatic heterocycles. The molecule has 1 rings (SSSR count). The average molecular weight is 170 g/mol. The maximum atomic E-state index is 10.6. The van der Waals surface area contributed by atoms with Gasteiger partial charge >= 0.3 is 0 Å². The van der Waals surface area contributed by atoms with Crippen LogP contribution in [0, 0.1) is 0 Å². The summed E-state index contributed by atoms with van der Waals surface area (Å²) in [7, 11) is 0. The Bertz CT molecular complexity index is 228. The molecular formula is C8H10O2S. The zero-order valence-corrected chi connectivity index (χ0v) is 7.10. The molecule has 3 heteroatoms. The Kier molecular flexibility index (Phi) is 2.79. The predicted molar refractivity (Wildman–Crippen MR) is 44.6 cm³/mol. The van der Waals surface area contributed by atoms with Gasteiger partial charge in [0.15, 0.2) is 0 Å². The lowest BCUT2D eigenvalue weighted by molar-refractivity contribution is -0.118. The van der Waals surface area contributed by atoms with Crippen LogP contribution in [0.2, 0.25) is 0 Å². The van der Waals surface area contributed by atoms with E-state index in [4.69, 9.17) is 0 Å². The fraction of sp³-hybridized carbons (Fsp3) is 0.375. The monoisotopic (exact) mass is 170 g/mol. The molecule has 60 valence electrons. The van der Waals surface area contributed by atoms with Gasteiger partial charge in [0.05, 0.1) is 6.10 Å². The highest BCUT2D eigenvalue weighted by molar-refractivity contribution is 7.07. The lowest BCUT2D eigenvalue weighted by atomic mass is 10.1. The van der Waals surface area contributed by atoms with Gasteiger partial charge in [-0.15, -0.1) is 0 Å². The highest BCUT2D eigenvalue weighted by Crippen LogP contribution is 2.18. The first-order valence-electron chi connectivity index (χ1n) is 3.39. The summed E-state index contributed by atoms with van der Waals surface area (Å²) in [5.74, 6) is 0.0173. The average Bonchev–Trinajstić information content (AvgIpc) is 2.35. The molecule has 1 heterocycles. The summed E-state index contributed by atoms with van der Waals surface area (Å²) in [6.45, 7) is 1.48. The number of ketones is 1. The van der Waals surface area contributed by atoms with Gasteiger partial charge in [0.1, 0.15) is 5.78 Å². The van der Waals surface area contributed by atoms with Crippen molar-refractivity contribution in [3.63, 3.8) is 0 Å². The Morgan fingerprint density at radius 1 is 1.82 bits per heavy atom. The normalized spacial score (nSPS) is 12.9. The number of hydrogen-bond donors (Lipinski definition) is 1. The van der Waals surface area contributed by atoms with Gasteiger partial charge in [-0.2, -0.15) is 11.3 Å². The van der Waals surface area contributed by atoms with Crippen LogP contribution in [-0.4, -0.2) is 10.9 Å². The van der Waals surface area contributed by atoms with Crippen LogP contribution in [-0.2, 0) is 4.79 Å². The molecule has 11 heavy (non-hydrogen) atoms. The van der Waals surface area contributed by atoms with E-state index in [2.05, 4.69) is 0 Å². The number of rotatable bonds is 3. The SMILES string of the molecule is CC(=O)CC(O)c1ccsc1. The first-order valence-corrected chi connectivity index (χ1v) is 4.34. The molecule has 0 aliphatic rings. The second-order valence-corrected chi connectivity index (χ2v) is 3.26. The van der Waals surface area contributed by atoms with Gasteiger partial charge in [-0.05, 0) is 29.3 Å². The van der Waals surface area contributed by atoms with E-state index in [1.807, 2.05) is 16.8 Å². The largest absolute Gasteiger partial charge is 0.388 e. The number of hydrogen-bond acceptors (Lipinski definition) is 3. The molecule has 0 aromatic carbocycles. The minimum atomic E-state index is -0.612. The Hall–Kier alpha value is -0.670. The summed E-state index contributed by atoms with van der Waals surface area (Å²) in [5, 5.41) is 13.1. The maximum Gasteiger partial charge on any atom is 0.132 e. The van der Waals surface area contributed by atoms with Crippen LogP contribution in [0.25, 0.3) is 0 Å². The van der Waals surface area contributed by atoms with E-state index >= 15 is 0 Å². The van der Waals surface area contributed by atoms with Gasteiger partial charge in [-0.1, -0.05) is 0 Å². The van der Waals surface area contributed by atoms with Crippen molar-refractivity contribution in [2.45, 2.75) is 19.4 Å². The van der Waals surface area contributed by atoms with E-state index in [0.29, 0.717) is 0 Å². The first-order chi connectivity index (χ1) is 5.20. The number of carbonyl (C=O) groups is 1. The van der Waals surface area contributed by atoms with Gasteiger partial charge in [-0.25, -0.2) is 0 Å². The van der Waals surface area contributed by atoms with Crippen molar-refractivity contribution in [3.05, 3.63) is 22.4 Å². The molecule has 0 spiro atoms. The Labute approximate surface area is 69.5 Å². The van der Waals surface area contributed by atoms with Crippen molar-refractivity contribution in [2.75, 3.05) is 0 Å². The zero-order valence-electron chi connectivity index (χ0n) is 6.28. The Balaban J connectivity index is 2.56. The van der Waals surface area contributed by atoms with Crippen LogP contribution in [0.15, 0.2) is 16.8 Å². The van der Waals surface area contributed by atoms with E-state index in [1.54, 1.807) is 0 Å². The van der Waals surface area contributed by atoms with Crippen LogP contribution in [0.4, 0.5) is 0 Å². The predicted octanol–water partition coefficient (Wildman–Crippen LogP) is 1.76. The summed E-state index contributed by atoms with van der Waals surface area (Å²) in [5.41, 5.74) is 0.838. The molecule has 1 atom stereocenters. The van der Waals surface area contributed by atoms with Crippen LogP contribution < -0.4 is 0 Å². The molecule has 1 N–H and O–H groups in total. The highest BCUT2D eigenvalue weighted by Gasteiger charge is 2.09. The molecule has 1 aromatic heterocycles. The molecule has 0 saturated heterocycles. The number of Topliss-reactive ketones (excluding diaryl/α,β-unsaturated/α-hetero) is 1. The molecule has 0 saturated carbocycles. The van der Waals surface area contributed by atoms with Gasteiger partial charge in [-0.3, -0.25) is 4.79 Å². The van der Waals surface area contributed by atoms with E-state index < -0.39 is 6.10 Å². The van der Waals surface area contributed by atoms with Crippen LogP contribution in [0.3, 0.4) is 0 Å². The van der Waals surface area contributed by atoms with Crippen LogP contribution >= 0.6 is 11.3 Å². The molecule has 0 amide bonds. The second kappa shape index (κ2) is 3.64. The summed E-state index contributed by atoms with van der Waals surface area (Å²) >= 11 is 1.52. The highest BCUT2D eigenvalue weighted by atomic mass is 32.1. The van der Waals surface area contributed by atoms with Crippen molar-refractivity contribution in [1.82, 2.24) is 0 Å². The van der Waals surface area contributed by atoms with Crippen molar-refractivity contribution in [2.24, 2.45) is 0 Å². The molecule has 0 aliphatic carbocycles. The fourth-order valence-electron chi connectivity index (χ4n) is 0.855. The van der Waals surface area contributed by atoms with Gasteiger partial charge in [0, 0.05) is 6.42 Å². The van der Waals surface area contributed by atoms with E-state index in [1.165, 1.54) is 18.3 Å². The van der Waals surface area contributed by atoms with E-state index in [-0.39, 0.29) is 12.2 Å². The quantitative estimate of drug-likeness (QED) is 0.750. The zero-order chi connectivity index (χ0) is 8.27. The molecule has 1 aromatic rings. The fourth-order valence-corrected chi connectivity index (χ4v) is 1.56. The van der Waals surface area contributed by atoms with Crippen molar-refractivity contribution in [3.8, 4) is 0 Å². The molecule has 1 unspecified atom stereocenters. The van der Waals surface area contributed by atoms with Crippen molar-refractivity contribution < 1.29 is 9.90 Å². The number of thiophene rings is 1. The maximum absolute atomic E-state index is 10.6. The lowest BCUT2D eigenvalue weighted by Gasteiger charge is -2.04. The summed E-state index contributed by atoms with van der Waals surface area (Å²) < 4.78 is 0. The summed E-state index contributed by atoms with van der Waals surface area (Å²) in [4.78, 5) is 10.6. The molecule has 0 radical (unpaired) electrons. The van der Waals surface area contributed by atoms with Crippen LogP contribution in [0.1, 0.15) is 25.0 Å². The number of carbonyl (C=O) groups excluding carboxylic acids is 1. The minimum absolute atomic E-state index is 0.0173. The van der Waals surface area contributed by atoms with Crippen LogP contribution in [0.5, 0.6) is 0 Å². The lowest BCUT2D eigenvalue weighted by Crippen LogP contribution is -2.01. The summed E-state index contributed by atoms with van der Waals surface area (Å²) in [6.07, 6.45) is -0.393. The Morgan fingerprint density at radius 2 is 2.55 bits per heavy atom. The van der Waals surface area contributed by atoms with Crippen molar-refractivity contribution in [1.29, 1.82) is 0 Å². The number of aliphatic hydroxyl groups excluding tert-OH is 1. The minimum Gasteiger partial charge on any atom is -0.388 e. The first kappa shape index (κ1) is 8.43. The third kappa shape index (κ3) is 2.44.